The molecule has 3 aromatic carbocycles. The van der Waals surface area contributed by atoms with Crippen LogP contribution in [0.15, 0.2) is 103 Å². The minimum absolute atomic E-state index is 0.112. The number of aromatic nitrogens is 3. The monoisotopic (exact) mass is 593 g/mol. The molecule has 1 N–H and O–H groups in total. The summed E-state index contributed by atoms with van der Waals surface area (Å²) in [5.74, 6) is 0.355. The molecule has 0 bridgehead atoms. The Labute approximate surface area is 252 Å². The van der Waals surface area contributed by atoms with Crippen LogP contribution in [0.2, 0.25) is 0 Å². The van der Waals surface area contributed by atoms with Crippen LogP contribution in [-0.4, -0.2) is 46.0 Å². The molecule has 5 aromatic rings. The van der Waals surface area contributed by atoms with Crippen molar-refractivity contribution in [3.63, 3.8) is 0 Å². The van der Waals surface area contributed by atoms with E-state index < -0.39 is 0 Å². The van der Waals surface area contributed by atoms with Crippen molar-refractivity contribution >= 4 is 29.4 Å². The van der Waals surface area contributed by atoms with Crippen molar-refractivity contribution in [2.45, 2.75) is 11.8 Å². The number of anilines is 1. The molecule has 0 saturated carbocycles. The van der Waals surface area contributed by atoms with Crippen molar-refractivity contribution in [3.8, 4) is 22.7 Å². The molecule has 3 heterocycles. The summed E-state index contributed by atoms with van der Waals surface area (Å²) in [6, 6.07) is 28.8. The lowest BCUT2D eigenvalue weighted by Gasteiger charge is -2.23. The van der Waals surface area contributed by atoms with Gasteiger partial charge in [0, 0.05) is 17.3 Å². The van der Waals surface area contributed by atoms with E-state index in [0.717, 1.165) is 16.7 Å². The molecule has 43 heavy (non-hydrogen) atoms. The number of amides is 2. The number of thioether (sulfide) groups is 1. The summed E-state index contributed by atoms with van der Waals surface area (Å²) >= 11 is 1.43. The highest BCUT2D eigenvalue weighted by atomic mass is 32.2. The van der Waals surface area contributed by atoms with Crippen LogP contribution in [0.1, 0.15) is 22.1 Å². The van der Waals surface area contributed by atoms with Gasteiger partial charge in [-0.2, -0.15) is 5.10 Å². The Morgan fingerprint density at radius 1 is 1.00 bits per heavy atom. The number of methoxy groups -OCH3 is 1. The number of halogens is 1. The van der Waals surface area contributed by atoms with E-state index in [2.05, 4.69) is 10.3 Å². The van der Waals surface area contributed by atoms with Gasteiger partial charge in [0.1, 0.15) is 23.9 Å². The minimum atomic E-state index is -0.358. The number of rotatable bonds is 8. The number of nitrogens with zero attached hydrogens (tertiary/aromatic N) is 4. The van der Waals surface area contributed by atoms with Crippen LogP contribution in [0.4, 0.5) is 10.2 Å². The molecule has 216 valence electrons. The maximum Gasteiger partial charge on any atom is 0.240 e. The third-order valence-corrected chi connectivity index (χ3v) is 8.38. The maximum absolute atomic E-state index is 14.0. The number of hydrogen-bond donors (Lipinski definition) is 1. The van der Waals surface area contributed by atoms with Crippen LogP contribution in [0, 0.1) is 5.82 Å². The molecule has 1 unspecified atom stereocenters. The van der Waals surface area contributed by atoms with Gasteiger partial charge in [0.15, 0.2) is 0 Å². The van der Waals surface area contributed by atoms with Gasteiger partial charge in [0.05, 0.1) is 41.7 Å². The minimum Gasteiger partial charge on any atom is -0.497 e. The van der Waals surface area contributed by atoms with Gasteiger partial charge in [0.25, 0.3) is 0 Å². The van der Waals surface area contributed by atoms with Gasteiger partial charge in [-0.3, -0.25) is 19.5 Å². The van der Waals surface area contributed by atoms with E-state index >= 15 is 0 Å². The number of ether oxygens (including phenoxy) is 1. The van der Waals surface area contributed by atoms with E-state index in [4.69, 9.17) is 9.84 Å². The van der Waals surface area contributed by atoms with Crippen LogP contribution >= 0.6 is 11.8 Å². The molecule has 10 heteroatoms. The molecular formula is C33H28FN5O3S. The molecule has 1 aliphatic rings. The lowest BCUT2D eigenvalue weighted by Crippen LogP contribution is -2.42. The van der Waals surface area contributed by atoms with Gasteiger partial charge in [-0.25, -0.2) is 9.07 Å². The number of carbonyl (C=O) groups excluding carboxylic acids is 2. The molecule has 6 rings (SSSR count). The van der Waals surface area contributed by atoms with E-state index in [0.29, 0.717) is 28.6 Å². The van der Waals surface area contributed by atoms with Crippen molar-refractivity contribution < 1.29 is 18.7 Å². The molecule has 1 atom stereocenters. The lowest BCUT2D eigenvalue weighted by atomic mass is 9.99. The standard InChI is InChI=1S/C33H28FN5O3S/c1-42-27-16-14-26(15-17-27)39-33-30(31(37-39)22-7-3-2-4-8-22)32(23-10-12-24(34)13-11-23)43-21-29(41)38(33)20-28(40)36-19-25-9-5-6-18-35-25/h2-18,32H,19-21H2,1H3,(H,36,40). The first-order chi connectivity index (χ1) is 21.0. The first-order valence-electron chi connectivity index (χ1n) is 13.7. The summed E-state index contributed by atoms with van der Waals surface area (Å²) in [4.78, 5) is 32.9. The summed E-state index contributed by atoms with van der Waals surface area (Å²) < 4.78 is 21.1. The molecular weight excluding hydrogens is 565 g/mol. The van der Waals surface area contributed by atoms with Crippen molar-refractivity contribution in [3.05, 3.63) is 126 Å². The summed E-state index contributed by atoms with van der Waals surface area (Å²) in [6.07, 6.45) is 1.66. The fourth-order valence-corrected chi connectivity index (χ4v) is 6.22. The summed E-state index contributed by atoms with van der Waals surface area (Å²) in [6.45, 7) is 0.0139. The third kappa shape index (κ3) is 6.00. The zero-order valence-corrected chi connectivity index (χ0v) is 24.1. The Balaban J connectivity index is 1.51. The fraction of sp³-hybridized carbons (Fsp3) is 0.152. The van der Waals surface area contributed by atoms with Crippen molar-refractivity contribution in [2.75, 3.05) is 24.3 Å². The van der Waals surface area contributed by atoms with Gasteiger partial charge in [-0.1, -0.05) is 48.5 Å². The number of fused-ring (bicyclic) bond motifs is 1. The van der Waals surface area contributed by atoms with Crippen LogP contribution in [0.3, 0.4) is 0 Å². The van der Waals surface area contributed by atoms with Crippen LogP contribution in [-0.2, 0) is 16.1 Å². The van der Waals surface area contributed by atoms with Crippen LogP contribution in [0.5, 0.6) is 5.75 Å². The Bertz CT molecular complexity index is 1730. The van der Waals surface area contributed by atoms with E-state index in [1.807, 2.05) is 72.8 Å². The highest BCUT2D eigenvalue weighted by molar-refractivity contribution is 8.00. The predicted molar refractivity (Wildman–Crippen MR) is 165 cm³/mol. The average molecular weight is 594 g/mol. The fourth-order valence-electron chi connectivity index (χ4n) is 5.02. The Morgan fingerprint density at radius 2 is 1.74 bits per heavy atom. The average Bonchev–Trinajstić information content (AvgIpc) is 3.38. The van der Waals surface area contributed by atoms with Gasteiger partial charge in [-0.15, -0.1) is 11.8 Å². The van der Waals surface area contributed by atoms with E-state index in [9.17, 15) is 14.0 Å². The second kappa shape index (κ2) is 12.5. The van der Waals surface area contributed by atoms with Gasteiger partial charge in [0.2, 0.25) is 11.8 Å². The van der Waals surface area contributed by atoms with Crippen LogP contribution < -0.4 is 15.0 Å². The van der Waals surface area contributed by atoms with Gasteiger partial charge < -0.3 is 10.1 Å². The number of nitrogens with one attached hydrogen (secondary N) is 1. The first-order valence-corrected chi connectivity index (χ1v) is 14.7. The molecule has 1 aliphatic heterocycles. The number of pyridine rings is 1. The lowest BCUT2D eigenvalue weighted by molar-refractivity contribution is -0.123. The Hall–Kier alpha value is -4.96. The molecule has 0 saturated heterocycles. The van der Waals surface area contributed by atoms with Gasteiger partial charge >= 0.3 is 0 Å². The SMILES string of the molecule is COc1ccc(-n2nc(-c3ccccc3)c3c2N(CC(=O)NCc2ccccn2)C(=O)CSC3c2ccc(F)cc2)cc1. The second-order valence-corrected chi connectivity index (χ2v) is 11.0. The van der Waals surface area contributed by atoms with E-state index in [-0.39, 0.29) is 41.7 Å². The maximum atomic E-state index is 14.0. The largest absolute Gasteiger partial charge is 0.497 e. The Kier molecular flexibility index (Phi) is 8.19. The normalized spacial score (nSPS) is 14.6. The Morgan fingerprint density at radius 3 is 2.44 bits per heavy atom. The zero-order valence-electron chi connectivity index (χ0n) is 23.3. The molecule has 0 radical (unpaired) electrons. The topological polar surface area (TPSA) is 89.3 Å². The quantitative estimate of drug-likeness (QED) is 0.253. The highest BCUT2D eigenvalue weighted by Crippen LogP contribution is 2.48. The highest BCUT2D eigenvalue weighted by Gasteiger charge is 2.37. The van der Waals surface area contributed by atoms with Crippen molar-refractivity contribution in [1.29, 1.82) is 0 Å². The molecule has 2 amide bonds. The first kappa shape index (κ1) is 28.2. The van der Waals surface area contributed by atoms with E-state index in [1.54, 1.807) is 30.1 Å². The second-order valence-electron chi connectivity index (χ2n) is 9.88. The summed E-state index contributed by atoms with van der Waals surface area (Å²) in [7, 11) is 1.59. The molecule has 0 fully saturated rings. The van der Waals surface area contributed by atoms with E-state index in [1.165, 1.54) is 28.8 Å². The number of hydrogen-bond acceptors (Lipinski definition) is 6. The molecule has 0 spiro atoms. The van der Waals surface area contributed by atoms with Crippen molar-refractivity contribution in [1.82, 2.24) is 20.1 Å². The molecule has 2 aromatic heterocycles. The molecule has 8 nitrogen and oxygen atoms in total. The van der Waals surface area contributed by atoms with Gasteiger partial charge in [-0.05, 0) is 54.1 Å². The number of benzene rings is 3. The predicted octanol–water partition coefficient (Wildman–Crippen LogP) is 5.57. The zero-order chi connectivity index (χ0) is 29.8. The third-order valence-electron chi connectivity index (χ3n) is 7.12. The smallest absolute Gasteiger partial charge is 0.240 e. The van der Waals surface area contributed by atoms with Crippen molar-refractivity contribution in [2.24, 2.45) is 0 Å². The van der Waals surface area contributed by atoms with Crippen LogP contribution in [0.25, 0.3) is 16.9 Å². The molecule has 0 aliphatic carbocycles. The summed E-state index contributed by atoms with van der Waals surface area (Å²) in [5, 5.41) is 7.59. The summed E-state index contributed by atoms with van der Waals surface area (Å²) in [5.41, 5.74) is 4.51. The number of carbonyl (C=O) groups is 2.